The van der Waals surface area contributed by atoms with Crippen LogP contribution >= 0.6 is 0 Å². The SMILES string of the molecule is Cc1nc(N)nc(-c2cccc(S(C)(=O)=O)c2)c1C#Cc1cccnc1. The van der Waals surface area contributed by atoms with Gasteiger partial charge in [0.2, 0.25) is 5.95 Å². The van der Waals surface area contributed by atoms with Crippen LogP contribution in [0.5, 0.6) is 0 Å². The number of hydrogen-bond acceptors (Lipinski definition) is 6. The average molecular weight is 364 g/mol. The number of hydrogen-bond donors (Lipinski definition) is 1. The number of benzene rings is 1. The second kappa shape index (κ2) is 6.94. The molecule has 2 aromatic heterocycles. The van der Waals surface area contributed by atoms with Gasteiger partial charge < -0.3 is 5.73 Å². The first-order valence-electron chi connectivity index (χ1n) is 7.71. The highest BCUT2D eigenvalue weighted by Gasteiger charge is 2.14. The van der Waals surface area contributed by atoms with Crippen LogP contribution in [-0.4, -0.2) is 29.6 Å². The van der Waals surface area contributed by atoms with Gasteiger partial charge in [0.05, 0.1) is 21.8 Å². The number of nitrogens with two attached hydrogens (primary N) is 1. The van der Waals surface area contributed by atoms with E-state index in [0.717, 1.165) is 11.8 Å². The monoisotopic (exact) mass is 364 g/mol. The first kappa shape index (κ1) is 17.6. The molecule has 0 fully saturated rings. The van der Waals surface area contributed by atoms with E-state index in [1.807, 2.05) is 6.07 Å². The number of aryl methyl sites for hydroxylation is 1. The number of anilines is 1. The number of pyridine rings is 1. The smallest absolute Gasteiger partial charge is 0.220 e. The number of rotatable bonds is 2. The third-order valence-corrected chi connectivity index (χ3v) is 4.75. The minimum Gasteiger partial charge on any atom is -0.368 e. The Balaban J connectivity index is 2.18. The number of nitrogens with zero attached hydrogens (tertiary/aromatic N) is 3. The molecule has 0 spiro atoms. The molecule has 6 nitrogen and oxygen atoms in total. The lowest BCUT2D eigenvalue weighted by molar-refractivity contribution is 0.602. The molecule has 130 valence electrons. The molecule has 0 aliphatic carbocycles. The van der Waals surface area contributed by atoms with Crippen molar-refractivity contribution < 1.29 is 8.42 Å². The maximum Gasteiger partial charge on any atom is 0.220 e. The van der Waals surface area contributed by atoms with Gasteiger partial charge in [-0.15, -0.1) is 0 Å². The van der Waals surface area contributed by atoms with Crippen molar-refractivity contribution in [3.8, 4) is 23.1 Å². The van der Waals surface area contributed by atoms with Crippen molar-refractivity contribution in [3.05, 3.63) is 65.6 Å². The molecule has 2 N–H and O–H groups in total. The summed E-state index contributed by atoms with van der Waals surface area (Å²) >= 11 is 0. The maximum atomic E-state index is 11.9. The van der Waals surface area contributed by atoms with Gasteiger partial charge in [0, 0.05) is 29.8 Å². The van der Waals surface area contributed by atoms with E-state index < -0.39 is 9.84 Å². The van der Waals surface area contributed by atoms with Crippen LogP contribution in [0.1, 0.15) is 16.8 Å². The van der Waals surface area contributed by atoms with Crippen molar-refractivity contribution in [2.75, 3.05) is 12.0 Å². The molecule has 0 amide bonds. The fourth-order valence-electron chi connectivity index (χ4n) is 2.40. The summed E-state index contributed by atoms with van der Waals surface area (Å²) in [5.74, 6) is 6.19. The van der Waals surface area contributed by atoms with E-state index >= 15 is 0 Å². The average Bonchev–Trinajstić information content (AvgIpc) is 2.60. The van der Waals surface area contributed by atoms with Crippen molar-refractivity contribution in [2.24, 2.45) is 0 Å². The van der Waals surface area contributed by atoms with Gasteiger partial charge in [-0.1, -0.05) is 24.0 Å². The highest BCUT2D eigenvalue weighted by atomic mass is 32.2. The zero-order chi connectivity index (χ0) is 18.7. The summed E-state index contributed by atoms with van der Waals surface area (Å²) in [4.78, 5) is 12.7. The maximum absolute atomic E-state index is 11.9. The fraction of sp³-hybridized carbons (Fsp3) is 0.105. The van der Waals surface area contributed by atoms with Crippen LogP contribution in [0.4, 0.5) is 5.95 Å². The van der Waals surface area contributed by atoms with E-state index in [1.165, 1.54) is 6.07 Å². The molecular weight excluding hydrogens is 348 g/mol. The standard InChI is InChI=1S/C19H16N4O2S/c1-13-17(9-8-14-5-4-10-21-12-14)18(23-19(20)22-13)15-6-3-7-16(11-15)26(2,24)25/h3-7,10-12H,1-2H3,(H2,20,22,23). The van der Waals surface area contributed by atoms with E-state index in [4.69, 9.17) is 5.73 Å². The summed E-state index contributed by atoms with van der Waals surface area (Å²) in [5.41, 5.74) is 8.87. The van der Waals surface area contributed by atoms with Crippen LogP contribution in [-0.2, 0) is 9.84 Å². The topological polar surface area (TPSA) is 98.8 Å². The Morgan fingerprint density at radius 1 is 1.08 bits per heavy atom. The molecule has 0 unspecified atom stereocenters. The Morgan fingerprint density at radius 3 is 2.58 bits per heavy atom. The zero-order valence-electron chi connectivity index (χ0n) is 14.3. The van der Waals surface area contributed by atoms with Crippen molar-refractivity contribution in [1.29, 1.82) is 0 Å². The van der Waals surface area contributed by atoms with Crippen molar-refractivity contribution in [2.45, 2.75) is 11.8 Å². The molecule has 0 bridgehead atoms. The van der Waals surface area contributed by atoms with Crippen molar-refractivity contribution >= 4 is 15.8 Å². The molecule has 3 aromatic rings. The first-order valence-corrected chi connectivity index (χ1v) is 9.60. The van der Waals surface area contributed by atoms with E-state index in [1.54, 1.807) is 43.6 Å². The van der Waals surface area contributed by atoms with E-state index in [-0.39, 0.29) is 10.8 Å². The summed E-state index contributed by atoms with van der Waals surface area (Å²) in [6.45, 7) is 1.79. The van der Waals surface area contributed by atoms with Gasteiger partial charge in [-0.3, -0.25) is 4.98 Å². The molecule has 1 aromatic carbocycles. The zero-order valence-corrected chi connectivity index (χ0v) is 15.1. The normalized spacial score (nSPS) is 10.8. The van der Waals surface area contributed by atoms with Gasteiger partial charge in [-0.2, -0.15) is 0 Å². The minimum absolute atomic E-state index is 0.106. The number of nitrogen functional groups attached to an aromatic ring is 1. The fourth-order valence-corrected chi connectivity index (χ4v) is 3.07. The molecule has 0 saturated carbocycles. The van der Waals surface area contributed by atoms with Gasteiger partial charge in [-0.25, -0.2) is 18.4 Å². The highest BCUT2D eigenvalue weighted by Crippen LogP contribution is 2.26. The van der Waals surface area contributed by atoms with Gasteiger partial charge in [0.1, 0.15) is 0 Å². The Bertz CT molecular complexity index is 1130. The molecule has 0 saturated heterocycles. The van der Waals surface area contributed by atoms with Crippen LogP contribution in [0.2, 0.25) is 0 Å². The molecule has 26 heavy (non-hydrogen) atoms. The lowest BCUT2D eigenvalue weighted by Crippen LogP contribution is -2.04. The summed E-state index contributed by atoms with van der Waals surface area (Å²) < 4.78 is 23.7. The third-order valence-electron chi connectivity index (χ3n) is 3.64. The molecule has 2 heterocycles. The second-order valence-corrected chi connectivity index (χ2v) is 7.70. The van der Waals surface area contributed by atoms with E-state index in [9.17, 15) is 8.42 Å². The summed E-state index contributed by atoms with van der Waals surface area (Å²) in [6, 6.07) is 10.2. The Hall–Kier alpha value is -3.24. The van der Waals surface area contributed by atoms with Crippen LogP contribution in [0.15, 0.2) is 53.7 Å². The van der Waals surface area contributed by atoms with E-state index in [2.05, 4.69) is 26.8 Å². The largest absolute Gasteiger partial charge is 0.368 e. The molecule has 3 rings (SSSR count). The lowest BCUT2D eigenvalue weighted by atomic mass is 10.0. The highest BCUT2D eigenvalue weighted by molar-refractivity contribution is 7.90. The van der Waals surface area contributed by atoms with Crippen LogP contribution < -0.4 is 5.73 Å². The van der Waals surface area contributed by atoms with Crippen LogP contribution in [0.3, 0.4) is 0 Å². The summed E-state index contributed by atoms with van der Waals surface area (Å²) in [5, 5.41) is 0. The molecule has 0 atom stereocenters. The quantitative estimate of drug-likeness (QED) is 0.700. The lowest BCUT2D eigenvalue weighted by Gasteiger charge is -2.09. The van der Waals surface area contributed by atoms with Crippen molar-refractivity contribution in [1.82, 2.24) is 15.0 Å². The Morgan fingerprint density at radius 2 is 1.88 bits per heavy atom. The molecule has 7 heteroatoms. The van der Waals surface area contributed by atoms with Crippen LogP contribution in [0, 0.1) is 18.8 Å². The van der Waals surface area contributed by atoms with Crippen molar-refractivity contribution in [3.63, 3.8) is 0 Å². The van der Waals surface area contributed by atoms with Crippen LogP contribution in [0.25, 0.3) is 11.3 Å². The molecule has 0 aliphatic rings. The number of sulfone groups is 1. The minimum atomic E-state index is -3.34. The van der Waals surface area contributed by atoms with Gasteiger partial charge in [0.15, 0.2) is 9.84 Å². The van der Waals surface area contributed by atoms with Gasteiger partial charge in [-0.05, 0) is 31.2 Å². The summed E-state index contributed by atoms with van der Waals surface area (Å²) in [6.07, 6.45) is 4.49. The Labute approximate surface area is 152 Å². The second-order valence-electron chi connectivity index (χ2n) is 5.68. The molecule has 0 aliphatic heterocycles. The Kier molecular flexibility index (Phi) is 4.69. The first-order chi connectivity index (χ1) is 12.3. The van der Waals surface area contributed by atoms with Gasteiger partial charge in [0.25, 0.3) is 0 Å². The third kappa shape index (κ3) is 3.87. The molecular formula is C19H16N4O2S. The van der Waals surface area contributed by atoms with E-state index in [0.29, 0.717) is 22.5 Å². The predicted octanol–water partition coefficient (Wildman–Crippen LogP) is 2.23. The number of aromatic nitrogens is 3. The van der Waals surface area contributed by atoms with Gasteiger partial charge >= 0.3 is 0 Å². The summed E-state index contributed by atoms with van der Waals surface area (Å²) in [7, 11) is -3.34. The molecule has 0 radical (unpaired) electrons. The predicted molar refractivity (Wildman–Crippen MR) is 99.9 cm³/mol.